The average Bonchev–Trinajstić information content (AvgIpc) is 1.83. The molecule has 0 saturated carbocycles. The van der Waals surface area contributed by atoms with E-state index < -0.39 is 0 Å². The van der Waals surface area contributed by atoms with Gasteiger partial charge >= 0.3 is 0 Å². The van der Waals surface area contributed by atoms with Gasteiger partial charge < -0.3 is 16.0 Å². The molecule has 4 nitrogen and oxygen atoms in total. The highest BCUT2D eigenvalue weighted by Crippen LogP contribution is 1.81. The molecule has 1 atom stereocenters. The summed E-state index contributed by atoms with van der Waals surface area (Å²) in [6.45, 7) is 0.406. The van der Waals surface area contributed by atoms with Gasteiger partial charge in [0.15, 0.2) is 0 Å². The van der Waals surface area contributed by atoms with Crippen molar-refractivity contribution in [3.8, 4) is 0 Å². The lowest BCUT2D eigenvalue weighted by Crippen LogP contribution is -2.28. The molecule has 0 aromatic rings. The fourth-order valence-corrected chi connectivity index (χ4v) is 0.341. The lowest BCUT2D eigenvalue weighted by Gasteiger charge is -2.04. The molecule has 0 fully saturated rings. The van der Waals surface area contributed by atoms with Crippen LogP contribution < -0.4 is 11.2 Å². The van der Waals surface area contributed by atoms with Crippen molar-refractivity contribution in [2.75, 3.05) is 13.2 Å². The zero-order valence-electron chi connectivity index (χ0n) is 4.67. The molecular formula is C4H12N2O2. The van der Waals surface area contributed by atoms with E-state index in [2.05, 4.69) is 0 Å². The van der Waals surface area contributed by atoms with Crippen molar-refractivity contribution in [3.63, 3.8) is 0 Å². The Hall–Kier alpha value is -0.160. The highest BCUT2D eigenvalue weighted by Gasteiger charge is 1.96. The van der Waals surface area contributed by atoms with Crippen LogP contribution in [0.25, 0.3) is 0 Å². The van der Waals surface area contributed by atoms with E-state index in [0.29, 0.717) is 13.0 Å². The Bertz CT molecular complexity index is 51.3. The molecule has 0 aliphatic heterocycles. The van der Waals surface area contributed by atoms with Gasteiger partial charge in [-0.3, -0.25) is 0 Å². The van der Waals surface area contributed by atoms with Crippen molar-refractivity contribution in [1.29, 1.82) is 0 Å². The van der Waals surface area contributed by atoms with E-state index in [9.17, 15) is 0 Å². The number of hydrogen-bond acceptors (Lipinski definition) is 4. The first-order valence-corrected chi connectivity index (χ1v) is 2.54. The maximum absolute atomic E-state index is 8.33. The number of nitrogens with two attached hydrogens (primary N) is 1. The first-order valence-electron chi connectivity index (χ1n) is 2.54. The van der Waals surface area contributed by atoms with E-state index in [1.807, 2.05) is 5.48 Å². The molecule has 0 amide bonds. The van der Waals surface area contributed by atoms with Crippen LogP contribution in [0.1, 0.15) is 6.42 Å². The molecule has 5 N–H and O–H groups in total. The second-order valence-electron chi connectivity index (χ2n) is 1.64. The third-order valence-corrected chi connectivity index (χ3v) is 0.861. The minimum Gasteiger partial charge on any atom is -0.395 e. The van der Waals surface area contributed by atoms with Crippen LogP contribution in [0.4, 0.5) is 0 Å². The van der Waals surface area contributed by atoms with Crippen LogP contribution in [0.15, 0.2) is 0 Å². The van der Waals surface area contributed by atoms with Crippen molar-refractivity contribution in [2.24, 2.45) is 5.73 Å². The first kappa shape index (κ1) is 7.84. The summed E-state index contributed by atoms with van der Waals surface area (Å²) in [5.74, 6) is 0. The van der Waals surface area contributed by atoms with Crippen molar-refractivity contribution in [1.82, 2.24) is 5.48 Å². The summed E-state index contributed by atoms with van der Waals surface area (Å²) >= 11 is 0. The fourth-order valence-electron chi connectivity index (χ4n) is 0.341. The highest BCUT2D eigenvalue weighted by atomic mass is 16.5. The van der Waals surface area contributed by atoms with Crippen molar-refractivity contribution < 1.29 is 10.3 Å². The number of hydroxylamine groups is 1. The quantitative estimate of drug-likeness (QED) is 0.347. The van der Waals surface area contributed by atoms with Gasteiger partial charge in [0.2, 0.25) is 0 Å². The van der Waals surface area contributed by atoms with Gasteiger partial charge in [-0.15, -0.1) is 0 Å². The minimum atomic E-state index is -0.213. The predicted molar refractivity (Wildman–Crippen MR) is 29.5 cm³/mol. The SMILES string of the molecule is N[C@H](CO)CCNO. The molecule has 4 heteroatoms. The molecule has 0 bridgehead atoms. The van der Waals surface area contributed by atoms with Crippen molar-refractivity contribution >= 4 is 0 Å². The lowest BCUT2D eigenvalue weighted by molar-refractivity contribution is 0.157. The smallest absolute Gasteiger partial charge is 0.0583 e. The molecule has 0 spiro atoms. The van der Waals surface area contributed by atoms with Crippen LogP contribution >= 0.6 is 0 Å². The van der Waals surface area contributed by atoms with E-state index in [4.69, 9.17) is 16.0 Å². The van der Waals surface area contributed by atoms with Gasteiger partial charge in [-0.1, -0.05) is 0 Å². The van der Waals surface area contributed by atoms with Crippen LogP contribution in [0.5, 0.6) is 0 Å². The third kappa shape index (κ3) is 4.01. The van der Waals surface area contributed by atoms with E-state index >= 15 is 0 Å². The second-order valence-corrected chi connectivity index (χ2v) is 1.64. The predicted octanol–water partition coefficient (Wildman–Crippen LogP) is -1.33. The van der Waals surface area contributed by atoms with Gasteiger partial charge in [-0.25, -0.2) is 5.48 Å². The Kier molecular flexibility index (Phi) is 4.89. The summed E-state index contributed by atoms with van der Waals surface area (Å²) in [7, 11) is 0. The van der Waals surface area contributed by atoms with E-state index in [1.54, 1.807) is 0 Å². The third-order valence-electron chi connectivity index (χ3n) is 0.861. The Morgan fingerprint density at radius 3 is 2.62 bits per heavy atom. The van der Waals surface area contributed by atoms with Gasteiger partial charge in [0.1, 0.15) is 0 Å². The van der Waals surface area contributed by atoms with Crippen molar-refractivity contribution in [3.05, 3.63) is 0 Å². The topological polar surface area (TPSA) is 78.5 Å². The molecule has 0 unspecified atom stereocenters. The zero-order valence-corrected chi connectivity index (χ0v) is 4.67. The molecule has 50 valence electrons. The molecule has 0 aliphatic carbocycles. The number of aliphatic hydroxyl groups is 1. The number of rotatable bonds is 4. The Labute approximate surface area is 48.3 Å². The van der Waals surface area contributed by atoms with E-state index in [-0.39, 0.29) is 12.6 Å². The summed E-state index contributed by atoms with van der Waals surface area (Å²) < 4.78 is 0. The van der Waals surface area contributed by atoms with Crippen LogP contribution in [0.3, 0.4) is 0 Å². The van der Waals surface area contributed by atoms with Crippen molar-refractivity contribution in [2.45, 2.75) is 12.5 Å². The summed E-state index contributed by atoms with van der Waals surface area (Å²) in [6.07, 6.45) is 0.590. The van der Waals surface area contributed by atoms with Gasteiger partial charge in [0.05, 0.1) is 6.61 Å². The maximum Gasteiger partial charge on any atom is 0.0583 e. The van der Waals surface area contributed by atoms with Crippen LogP contribution in [0.2, 0.25) is 0 Å². The zero-order chi connectivity index (χ0) is 6.41. The first-order chi connectivity index (χ1) is 3.81. The highest BCUT2D eigenvalue weighted by molar-refractivity contribution is 4.57. The Morgan fingerprint density at radius 2 is 2.25 bits per heavy atom. The second kappa shape index (κ2) is 4.99. The molecule has 0 radical (unpaired) electrons. The Morgan fingerprint density at radius 1 is 1.62 bits per heavy atom. The minimum absolute atomic E-state index is 0.0261. The van der Waals surface area contributed by atoms with Crippen LogP contribution in [0, 0.1) is 0 Å². The lowest BCUT2D eigenvalue weighted by atomic mass is 10.2. The van der Waals surface area contributed by atoms with Gasteiger partial charge in [-0.05, 0) is 6.42 Å². The van der Waals surface area contributed by atoms with E-state index in [1.165, 1.54) is 0 Å². The molecule has 0 saturated heterocycles. The molecule has 0 heterocycles. The van der Waals surface area contributed by atoms with E-state index in [0.717, 1.165) is 0 Å². The standard InChI is InChI=1S/C4H12N2O2/c5-4(3-7)1-2-6-8/h4,6-8H,1-3,5H2/t4-/m0/s1. The largest absolute Gasteiger partial charge is 0.395 e. The summed E-state index contributed by atoms with van der Waals surface area (Å²) in [6, 6.07) is -0.213. The number of aliphatic hydroxyl groups excluding tert-OH is 1. The maximum atomic E-state index is 8.33. The normalized spacial score (nSPS) is 13.9. The molecule has 0 aromatic heterocycles. The number of hydrogen-bond donors (Lipinski definition) is 4. The number of nitrogens with one attached hydrogen (secondary N) is 1. The molecule has 0 rings (SSSR count). The molecule has 0 aromatic carbocycles. The fraction of sp³-hybridized carbons (Fsp3) is 1.00. The summed E-state index contributed by atoms with van der Waals surface area (Å²) in [5, 5.41) is 16.4. The van der Waals surface area contributed by atoms with Gasteiger partial charge in [-0.2, -0.15) is 0 Å². The van der Waals surface area contributed by atoms with Crippen LogP contribution in [-0.4, -0.2) is 29.5 Å². The monoisotopic (exact) mass is 120 g/mol. The molecule has 0 aliphatic rings. The summed E-state index contributed by atoms with van der Waals surface area (Å²) in [5.41, 5.74) is 7.20. The van der Waals surface area contributed by atoms with Gasteiger partial charge in [0.25, 0.3) is 0 Å². The molecule has 8 heavy (non-hydrogen) atoms. The summed E-state index contributed by atoms with van der Waals surface area (Å²) in [4.78, 5) is 0. The van der Waals surface area contributed by atoms with Crippen LogP contribution in [-0.2, 0) is 0 Å². The average molecular weight is 120 g/mol. The molecular weight excluding hydrogens is 108 g/mol. The Balaban J connectivity index is 2.86. The van der Waals surface area contributed by atoms with Gasteiger partial charge in [0, 0.05) is 12.6 Å².